The van der Waals surface area contributed by atoms with Gasteiger partial charge < -0.3 is 14.2 Å². The average molecular weight is 314 g/mol. The van der Waals surface area contributed by atoms with Gasteiger partial charge >= 0.3 is 5.97 Å². The van der Waals surface area contributed by atoms with Crippen LogP contribution in [0.1, 0.15) is 30.3 Å². The SMILES string of the molecule is CCCCN1CC(C(=O)OC)Cn2c(cc3ccccc32)C1=O. The fourth-order valence-electron chi connectivity index (χ4n) is 3.23. The van der Waals surface area contributed by atoms with Crippen molar-refractivity contribution in [2.45, 2.75) is 26.3 Å². The molecule has 1 unspecified atom stereocenters. The van der Waals surface area contributed by atoms with Crippen LogP contribution in [0, 0.1) is 5.92 Å². The Balaban J connectivity index is 2.06. The summed E-state index contributed by atoms with van der Waals surface area (Å²) in [7, 11) is 1.40. The molecule has 0 saturated heterocycles. The number of amides is 1. The summed E-state index contributed by atoms with van der Waals surface area (Å²) in [6.07, 6.45) is 1.94. The van der Waals surface area contributed by atoms with E-state index >= 15 is 0 Å². The molecule has 1 amide bonds. The first-order chi connectivity index (χ1) is 11.2. The fourth-order valence-corrected chi connectivity index (χ4v) is 3.23. The van der Waals surface area contributed by atoms with Gasteiger partial charge in [-0.25, -0.2) is 0 Å². The van der Waals surface area contributed by atoms with Crippen LogP contribution in [0.2, 0.25) is 0 Å². The summed E-state index contributed by atoms with van der Waals surface area (Å²) < 4.78 is 6.91. The molecule has 1 aromatic heterocycles. The molecule has 1 aliphatic heterocycles. The summed E-state index contributed by atoms with van der Waals surface area (Å²) in [5.74, 6) is -0.594. The predicted octanol–water partition coefficient (Wildman–Crippen LogP) is 2.69. The second-order valence-corrected chi connectivity index (χ2v) is 6.02. The monoisotopic (exact) mass is 314 g/mol. The molecule has 23 heavy (non-hydrogen) atoms. The first-order valence-corrected chi connectivity index (χ1v) is 8.11. The number of ether oxygens (including phenoxy) is 1. The first kappa shape index (κ1) is 15.6. The zero-order chi connectivity index (χ0) is 16.4. The summed E-state index contributed by atoms with van der Waals surface area (Å²) >= 11 is 0. The smallest absolute Gasteiger partial charge is 0.312 e. The number of methoxy groups -OCH3 is 1. The molecule has 3 rings (SSSR count). The maximum absolute atomic E-state index is 12.9. The fraction of sp³-hybridized carbons (Fsp3) is 0.444. The second kappa shape index (κ2) is 6.44. The molecule has 0 fully saturated rings. The van der Waals surface area contributed by atoms with Crippen LogP contribution in [0.3, 0.4) is 0 Å². The summed E-state index contributed by atoms with van der Waals surface area (Å²) in [6.45, 7) is 3.66. The van der Waals surface area contributed by atoms with E-state index in [1.165, 1.54) is 7.11 Å². The lowest BCUT2D eigenvalue weighted by atomic mass is 10.1. The summed E-state index contributed by atoms with van der Waals surface area (Å²) in [4.78, 5) is 26.9. The van der Waals surface area contributed by atoms with Crippen LogP contribution in [-0.4, -0.2) is 41.5 Å². The quantitative estimate of drug-likeness (QED) is 0.815. The lowest BCUT2D eigenvalue weighted by molar-refractivity contribution is -0.146. The molecular formula is C18H22N2O3. The number of benzene rings is 1. The minimum atomic E-state index is -0.335. The van der Waals surface area contributed by atoms with Crippen LogP contribution in [-0.2, 0) is 16.1 Å². The normalized spacial score (nSPS) is 17.9. The average Bonchev–Trinajstić information content (AvgIpc) is 2.88. The number of aromatic nitrogens is 1. The van der Waals surface area contributed by atoms with Crippen molar-refractivity contribution in [3.63, 3.8) is 0 Å². The lowest BCUT2D eigenvalue weighted by Gasteiger charge is -2.22. The van der Waals surface area contributed by atoms with E-state index < -0.39 is 0 Å². The van der Waals surface area contributed by atoms with Crippen molar-refractivity contribution in [2.75, 3.05) is 20.2 Å². The molecule has 0 N–H and O–H groups in total. The number of rotatable bonds is 4. The number of carbonyl (C=O) groups excluding carboxylic acids is 2. The molecule has 0 bridgehead atoms. The van der Waals surface area contributed by atoms with Crippen molar-refractivity contribution in [3.8, 4) is 0 Å². The number of fused-ring (bicyclic) bond motifs is 3. The summed E-state index contributed by atoms with van der Waals surface area (Å²) in [5, 5.41) is 1.02. The maximum atomic E-state index is 12.9. The molecule has 1 atom stereocenters. The Bertz CT molecular complexity index is 735. The van der Waals surface area contributed by atoms with Gasteiger partial charge in [0.15, 0.2) is 0 Å². The van der Waals surface area contributed by atoms with E-state index in [4.69, 9.17) is 4.74 Å². The van der Waals surface area contributed by atoms with E-state index in [1.807, 2.05) is 34.9 Å². The second-order valence-electron chi connectivity index (χ2n) is 6.02. The Kier molecular flexibility index (Phi) is 4.37. The third-order valence-corrected chi connectivity index (χ3v) is 4.48. The molecule has 0 spiro atoms. The van der Waals surface area contributed by atoms with Crippen LogP contribution < -0.4 is 0 Å². The van der Waals surface area contributed by atoms with Gasteiger partial charge in [0.2, 0.25) is 0 Å². The highest BCUT2D eigenvalue weighted by Gasteiger charge is 2.32. The van der Waals surface area contributed by atoms with Crippen molar-refractivity contribution in [3.05, 3.63) is 36.0 Å². The van der Waals surface area contributed by atoms with Crippen LogP contribution in [0.25, 0.3) is 10.9 Å². The molecule has 5 nitrogen and oxygen atoms in total. The molecule has 122 valence electrons. The zero-order valence-corrected chi connectivity index (χ0v) is 13.6. The van der Waals surface area contributed by atoms with Gasteiger partial charge in [-0.15, -0.1) is 0 Å². The maximum Gasteiger partial charge on any atom is 0.312 e. The largest absolute Gasteiger partial charge is 0.469 e. The Morgan fingerprint density at radius 2 is 2.09 bits per heavy atom. The number of hydrogen-bond acceptors (Lipinski definition) is 3. The number of para-hydroxylation sites is 1. The summed E-state index contributed by atoms with van der Waals surface area (Å²) in [5.41, 5.74) is 1.65. The minimum Gasteiger partial charge on any atom is -0.469 e. The Morgan fingerprint density at radius 3 is 2.83 bits per heavy atom. The standard InChI is InChI=1S/C18H22N2O3/c1-3-4-9-19-11-14(18(22)23-2)12-20-15-8-6-5-7-13(15)10-16(20)17(19)21/h5-8,10,14H,3-4,9,11-12H2,1-2H3. The van der Waals surface area contributed by atoms with Gasteiger partial charge in [-0.3, -0.25) is 9.59 Å². The number of unbranched alkanes of at least 4 members (excludes halogenated alkanes) is 1. The summed E-state index contributed by atoms with van der Waals surface area (Å²) in [6, 6.07) is 9.82. The molecule has 5 heteroatoms. The van der Waals surface area contributed by atoms with Crippen LogP contribution >= 0.6 is 0 Å². The molecule has 0 aliphatic carbocycles. The number of nitrogens with zero attached hydrogens (tertiary/aromatic N) is 2. The van der Waals surface area contributed by atoms with E-state index in [2.05, 4.69) is 6.92 Å². The molecule has 2 aromatic rings. The van der Waals surface area contributed by atoms with Crippen molar-refractivity contribution < 1.29 is 14.3 Å². The highest BCUT2D eigenvalue weighted by atomic mass is 16.5. The van der Waals surface area contributed by atoms with E-state index in [0.29, 0.717) is 25.3 Å². The van der Waals surface area contributed by atoms with Crippen LogP contribution in [0.5, 0.6) is 0 Å². The van der Waals surface area contributed by atoms with Gasteiger partial charge in [0, 0.05) is 30.5 Å². The van der Waals surface area contributed by atoms with E-state index in [0.717, 1.165) is 23.7 Å². The van der Waals surface area contributed by atoms with E-state index in [1.54, 1.807) is 4.90 Å². The van der Waals surface area contributed by atoms with Crippen molar-refractivity contribution in [1.29, 1.82) is 0 Å². The van der Waals surface area contributed by atoms with Crippen LogP contribution in [0.4, 0.5) is 0 Å². The van der Waals surface area contributed by atoms with Gasteiger partial charge in [-0.05, 0) is 18.6 Å². The molecular weight excluding hydrogens is 292 g/mol. The zero-order valence-electron chi connectivity index (χ0n) is 13.6. The van der Waals surface area contributed by atoms with Gasteiger partial charge in [0.25, 0.3) is 5.91 Å². The van der Waals surface area contributed by atoms with Crippen molar-refractivity contribution in [1.82, 2.24) is 9.47 Å². The van der Waals surface area contributed by atoms with E-state index in [-0.39, 0.29) is 17.8 Å². The lowest BCUT2D eigenvalue weighted by Crippen LogP contribution is -2.37. The highest BCUT2D eigenvalue weighted by Crippen LogP contribution is 2.26. The van der Waals surface area contributed by atoms with Crippen LogP contribution in [0.15, 0.2) is 30.3 Å². The number of carbonyl (C=O) groups is 2. The highest BCUT2D eigenvalue weighted by molar-refractivity contribution is 5.99. The first-order valence-electron chi connectivity index (χ1n) is 8.11. The van der Waals surface area contributed by atoms with Gasteiger partial charge in [0.05, 0.1) is 13.0 Å². The van der Waals surface area contributed by atoms with Gasteiger partial charge in [-0.2, -0.15) is 0 Å². The molecule has 0 radical (unpaired) electrons. The Labute approximate surface area is 135 Å². The van der Waals surface area contributed by atoms with Crippen molar-refractivity contribution in [2.24, 2.45) is 5.92 Å². The molecule has 1 aromatic carbocycles. The Hall–Kier alpha value is -2.30. The number of esters is 1. The van der Waals surface area contributed by atoms with Gasteiger partial charge in [-0.1, -0.05) is 31.5 Å². The third kappa shape index (κ3) is 2.83. The molecule has 0 saturated carbocycles. The molecule has 2 heterocycles. The van der Waals surface area contributed by atoms with Crippen molar-refractivity contribution >= 4 is 22.8 Å². The third-order valence-electron chi connectivity index (χ3n) is 4.48. The number of hydrogen-bond donors (Lipinski definition) is 0. The van der Waals surface area contributed by atoms with Gasteiger partial charge in [0.1, 0.15) is 5.69 Å². The Morgan fingerprint density at radius 1 is 1.30 bits per heavy atom. The predicted molar refractivity (Wildman–Crippen MR) is 88.3 cm³/mol. The minimum absolute atomic E-state index is 0.000975. The molecule has 1 aliphatic rings. The topological polar surface area (TPSA) is 51.5 Å². The van der Waals surface area contributed by atoms with E-state index in [9.17, 15) is 9.59 Å².